The second-order valence-corrected chi connectivity index (χ2v) is 9.08. The summed E-state index contributed by atoms with van der Waals surface area (Å²) in [5, 5.41) is 13.0. The average molecular weight is 473 g/mol. The first-order chi connectivity index (χ1) is 15.4. The summed E-state index contributed by atoms with van der Waals surface area (Å²) in [5.41, 5.74) is 2.44. The molecule has 0 saturated carbocycles. The lowest BCUT2D eigenvalue weighted by atomic mass is 10.2. The molecule has 3 aromatic rings. The van der Waals surface area contributed by atoms with Crippen molar-refractivity contribution in [2.24, 2.45) is 0 Å². The van der Waals surface area contributed by atoms with Crippen molar-refractivity contribution in [1.82, 2.24) is 14.8 Å². The van der Waals surface area contributed by atoms with E-state index in [2.05, 4.69) is 29.4 Å². The van der Waals surface area contributed by atoms with Gasteiger partial charge in [-0.3, -0.25) is 9.36 Å². The number of hydrogen-bond donors (Lipinski definition) is 1. The summed E-state index contributed by atoms with van der Waals surface area (Å²) < 4.78 is 13.6. The highest BCUT2D eigenvalue weighted by Gasteiger charge is 2.20. The lowest BCUT2D eigenvalue weighted by Crippen LogP contribution is -2.15. The van der Waals surface area contributed by atoms with Gasteiger partial charge in [-0.05, 0) is 56.7 Å². The minimum Gasteiger partial charge on any atom is -0.490 e. The van der Waals surface area contributed by atoms with Gasteiger partial charge < -0.3 is 14.8 Å². The molecule has 4 rings (SSSR count). The quantitative estimate of drug-likeness (QED) is 0.485. The van der Waals surface area contributed by atoms with Crippen LogP contribution < -0.4 is 14.8 Å². The Balaban J connectivity index is 1.52. The molecule has 9 heteroatoms. The maximum atomic E-state index is 12.5. The van der Waals surface area contributed by atoms with Crippen LogP contribution in [0, 0.1) is 6.92 Å². The Hall–Kier alpha value is -2.71. The van der Waals surface area contributed by atoms with Crippen molar-refractivity contribution in [2.45, 2.75) is 38.4 Å². The SMILES string of the molecule is Cc1c(Cl)cccc1NC(=O)CSc1nnc(-c2ccc3c(c2)OCCCO3)n1C(C)C. The van der Waals surface area contributed by atoms with Gasteiger partial charge in [0.15, 0.2) is 22.5 Å². The highest BCUT2D eigenvalue weighted by atomic mass is 35.5. The Morgan fingerprint density at radius 1 is 1.19 bits per heavy atom. The monoisotopic (exact) mass is 472 g/mol. The van der Waals surface area contributed by atoms with Crippen molar-refractivity contribution in [3.05, 3.63) is 47.0 Å². The van der Waals surface area contributed by atoms with Crippen molar-refractivity contribution >= 4 is 35.0 Å². The van der Waals surface area contributed by atoms with E-state index in [0.29, 0.717) is 34.8 Å². The lowest BCUT2D eigenvalue weighted by molar-refractivity contribution is -0.113. The maximum absolute atomic E-state index is 12.5. The number of amides is 1. The van der Waals surface area contributed by atoms with Crippen LogP contribution in [0.5, 0.6) is 11.5 Å². The van der Waals surface area contributed by atoms with Crippen LogP contribution in [0.4, 0.5) is 5.69 Å². The molecule has 0 aliphatic carbocycles. The van der Waals surface area contributed by atoms with Crippen LogP contribution in [-0.2, 0) is 4.79 Å². The largest absolute Gasteiger partial charge is 0.490 e. The van der Waals surface area contributed by atoms with Gasteiger partial charge in [0.05, 0.1) is 19.0 Å². The fourth-order valence-corrected chi connectivity index (χ4v) is 4.44. The first-order valence-corrected chi connectivity index (χ1v) is 11.8. The van der Waals surface area contributed by atoms with Gasteiger partial charge >= 0.3 is 0 Å². The van der Waals surface area contributed by atoms with E-state index in [0.717, 1.165) is 29.1 Å². The molecule has 168 valence electrons. The van der Waals surface area contributed by atoms with E-state index in [1.54, 1.807) is 6.07 Å². The van der Waals surface area contributed by atoms with Gasteiger partial charge in [0, 0.05) is 28.7 Å². The third-order valence-corrected chi connectivity index (χ3v) is 6.41. The molecule has 0 unspecified atom stereocenters. The number of thioether (sulfide) groups is 1. The summed E-state index contributed by atoms with van der Waals surface area (Å²) >= 11 is 7.49. The maximum Gasteiger partial charge on any atom is 0.234 e. The Morgan fingerprint density at radius 3 is 2.75 bits per heavy atom. The van der Waals surface area contributed by atoms with Crippen molar-refractivity contribution in [1.29, 1.82) is 0 Å². The van der Waals surface area contributed by atoms with Crippen LogP contribution in [0.2, 0.25) is 5.02 Å². The van der Waals surface area contributed by atoms with Gasteiger partial charge in [-0.25, -0.2) is 0 Å². The number of fused-ring (bicyclic) bond motifs is 1. The van der Waals surface area contributed by atoms with Crippen molar-refractivity contribution in [3.63, 3.8) is 0 Å². The van der Waals surface area contributed by atoms with E-state index in [-0.39, 0.29) is 17.7 Å². The van der Waals surface area contributed by atoms with E-state index >= 15 is 0 Å². The first kappa shape index (κ1) is 22.5. The molecule has 0 spiro atoms. The standard InChI is InChI=1S/C23H25ClN4O3S/c1-14(2)28-22(16-8-9-19-20(12-16)31-11-5-10-30-19)26-27-23(28)32-13-21(29)25-18-7-4-6-17(24)15(18)3/h4,6-9,12,14H,5,10-11,13H2,1-3H3,(H,25,29). The lowest BCUT2D eigenvalue weighted by Gasteiger charge is -2.15. The number of nitrogens with zero attached hydrogens (tertiary/aromatic N) is 3. The molecule has 32 heavy (non-hydrogen) atoms. The topological polar surface area (TPSA) is 78.3 Å². The fourth-order valence-electron chi connectivity index (χ4n) is 3.40. The Bertz CT molecular complexity index is 1130. The van der Waals surface area contributed by atoms with E-state index in [9.17, 15) is 4.79 Å². The molecule has 0 saturated heterocycles. The minimum atomic E-state index is -0.129. The second-order valence-electron chi connectivity index (χ2n) is 7.73. The predicted molar refractivity (Wildman–Crippen MR) is 127 cm³/mol. The molecular weight excluding hydrogens is 448 g/mol. The number of halogens is 1. The third-order valence-electron chi connectivity index (χ3n) is 5.06. The number of rotatable bonds is 6. The number of benzene rings is 2. The smallest absolute Gasteiger partial charge is 0.234 e. The number of hydrogen-bond acceptors (Lipinski definition) is 6. The molecule has 1 amide bonds. The average Bonchev–Trinajstić information content (AvgIpc) is 3.06. The molecule has 1 N–H and O–H groups in total. The minimum absolute atomic E-state index is 0.108. The molecule has 2 heterocycles. The van der Waals surface area contributed by atoms with Crippen LogP contribution in [-0.4, -0.2) is 39.6 Å². The summed E-state index contributed by atoms with van der Waals surface area (Å²) in [6.07, 6.45) is 0.851. The van der Waals surface area contributed by atoms with Gasteiger partial charge in [0.1, 0.15) is 0 Å². The van der Waals surface area contributed by atoms with Gasteiger partial charge in [0.2, 0.25) is 5.91 Å². The van der Waals surface area contributed by atoms with Gasteiger partial charge in [-0.2, -0.15) is 0 Å². The number of aromatic nitrogens is 3. The van der Waals surface area contributed by atoms with Crippen LogP contribution >= 0.6 is 23.4 Å². The van der Waals surface area contributed by atoms with Crippen molar-refractivity contribution < 1.29 is 14.3 Å². The first-order valence-electron chi connectivity index (χ1n) is 10.5. The molecule has 1 aliphatic rings. The third kappa shape index (κ3) is 4.86. The summed E-state index contributed by atoms with van der Waals surface area (Å²) in [6.45, 7) is 7.27. The van der Waals surface area contributed by atoms with Crippen LogP contribution in [0.3, 0.4) is 0 Å². The van der Waals surface area contributed by atoms with E-state index in [1.165, 1.54) is 11.8 Å². The van der Waals surface area contributed by atoms with Crippen molar-refractivity contribution in [2.75, 3.05) is 24.3 Å². The zero-order valence-corrected chi connectivity index (χ0v) is 19.8. The van der Waals surface area contributed by atoms with Gasteiger partial charge in [-0.1, -0.05) is 29.4 Å². The van der Waals surface area contributed by atoms with Gasteiger partial charge in [-0.15, -0.1) is 10.2 Å². The Morgan fingerprint density at radius 2 is 1.97 bits per heavy atom. The second kappa shape index (κ2) is 9.83. The highest BCUT2D eigenvalue weighted by molar-refractivity contribution is 7.99. The number of carbonyl (C=O) groups excluding carboxylic acids is 1. The number of ether oxygens (including phenoxy) is 2. The van der Waals surface area contributed by atoms with Crippen molar-refractivity contribution in [3.8, 4) is 22.9 Å². The van der Waals surface area contributed by atoms with E-state index in [1.807, 2.05) is 41.8 Å². The Kier molecular flexibility index (Phi) is 6.91. The summed E-state index contributed by atoms with van der Waals surface area (Å²) in [6, 6.07) is 11.4. The van der Waals surface area contributed by atoms with E-state index in [4.69, 9.17) is 21.1 Å². The highest BCUT2D eigenvalue weighted by Crippen LogP contribution is 2.35. The van der Waals surface area contributed by atoms with Gasteiger partial charge in [0.25, 0.3) is 0 Å². The number of nitrogens with one attached hydrogen (secondary N) is 1. The zero-order valence-electron chi connectivity index (χ0n) is 18.2. The Labute approximate surface area is 196 Å². The summed E-state index contributed by atoms with van der Waals surface area (Å²) in [7, 11) is 0. The molecule has 1 aromatic heterocycles. The molecule has 7 nitrogen and oxygen atoms in total. The normalized spacial score (nSPS) is 13.2. The van der Waals surface area contributed by atoms with E-state index < -0.39 is 0 Å². The number of anilines is 1. The molecule has 0 atom stereocenters. The van der Waals surface area contributed by atoms with Crippen LogP contribution in [0.25, 0.3) is 11.4 Å². The van der Waals surface area contributed by atoms with Crippen LogP contribution in [0.15, 0.2) is 41.6 Å². The molecule has 0 fully saturated rings. The summed E-state index contributed by atoms with van der Waals surface area (Å²) in [5.74, 6) is 2.26. The summed E-state index contributed by atoms with van der Waals surface area (Å²) in [4.78, 5) is 12.5. The molecule has 0 bridgehead atoms. The molecule has 0 radical (unpaired) electrons. The predicted octanol–water partition coefficient (Wildman–Crippen LogP) is 5.38. The molecule has 2 aromatic carbocycles. The van der Waals surface area contributed by atoms with Crippen LogP contribution in [0.1, 0.15) is 31.9 Å². The molecule has 1 aliphatic heterocycles. The fraction of sp³-hybridized carbons (Fsp3) is 0.348. The number of carbonyl (C=O) groups is 1. The molecular formula is C23H25ClN4O3S. The zero-order chi connectivity index (χ0) is 22.7.